The molecule has 1 aliphatic rings. The van der Waals surface area contributed by atoms with Gasteiger partial charge in [0.2, 0.25) is 5.91 Å². The molecule has 0 bridgehead atoms. The van der Waals surface area contributed by atoms with Gasteiger partial charge in [0.05, 0.1) is 6.42 Å². The number of aromatic nitrogens is 3. The number of hydrogen-bond acceptors (Lipinski definition) is 4. The zero-order valence-corrected chi connectivity index (χ0v) is 16.1. The Kier molecular flexibility index (Phi) is 5.38. The molecule has 1 N–H and O–H groups in total. The molecular weight excluding hydrogens is 379 g/mol. The molecule has 2 aromatic heterocycles. The average Bonchev–Trinajstić information content (AvgIpc) is 3.34. The zero-order chi connectivity index (χ0) is 19.5. The second kappa shape index (κ2) is 8.10. The van der Waals surface area contributed by atoms with Crippen LogP contribution < -0.4 is 5.69 Å². The lowest BCUT2D eigenvalue weighted by Gasteiger charge is -2.32. The van der Waals surface area contributed by atoms with E-state index in [1.54, 1.807) is 27.7 Å². The summed E-state index contributed by atoms with van der Waals surface area (Å²) in [6.45, 7) is 1.29. The Morgan fingerprint density at radius 1 is 1.21 bits per heavy atom. The Bertz CT molecular complexity index is 1000. The number of rotatable bonds is 5. The van der Waals surface area contributed by atoms with Crippen molar-refractivity contribution in [3.05, 3.63) is 69.5 Å². The zero-order valence-electron chi connectivity index (χ0n) is 15.3. The molecule has 3 heterocycles. The highest BCUT2D eigenvalue weighted by Crippen LogP contribution is 2.23. The third-order valence-corrected chi connectivity index (χ3v) is 6.06. The van der Waals surface area contributed by atoms with Crippen LogP contribution in [0.3, 0.4) is 0 Å². The lowest BCUT2D eigenvalue weighted by Crippen LogP contribution is -2.40. The summed E-state index contributed by atoms with van der Waals surface area (Å²) < 4.78 is 15.4. The molecule has 1 aromatic carbocycles. The molecule has 4 rings (SSSR count). The SMILES string of the molecule is O=C(Cc1ccccc1F)N1CCC(Cc2n[nH]c(=O)n2-c2cccs2)CC1. The summed E-state index contributed by atoms with van der Waals surface area (Å²) in [5.74, 6) is 0.699. The molecule has 0 atom stereocenters. The molecule has 0 radical (unpaired) electrons. The minimum absolute atomic E-state index is 0.0428. The number of benzene rings is 1. The Morgan fingerprint density at radius 2 is 2.00 bits per heavy atom. The molecule has 8 heteroatoms. The van der Waals surface area contributed by atoms with Crippen molar-refractivity contribution in [3.63, 3.8) is 0 Å². The van der Waals surface area contributed by atoms with Crippen LogP contribution in [0.4, 0.5) is 4.39 Å². The van der Waals surface area contributed by atoms with Crippen molar-refractivity contribution in [2.24, 2.45) is 5.92 Å². The number of piperidine rings is 1. The third-order valence-electron chi connectivity index (χ3n) is 5.21. The summed E-state index contributed by atoms with van der Waals surface area (Å²) in [6.07, 6.45) is 2.46. The molecule has 1 amide bonds. The van der Waals surface area contributed by atoms with E-state index in [1.165, 1.54) is 17.4 Å². The van der Waals surface area contributed by atoms with Gasteiger partial charge >= 0.3 is 5.69 Å². The number of aromatic amines is 1. The van der Waals surface area contributed by atoms with E-state index in [0.717, 1.165) is 23.7 Å². The average molecular weight is 400 g/mol. The monoisotopic (exact) mass is 400 g/mol. The summed E-state index contributed by atoms with van der Waals surface area (Å²) in [5, 5.41) is 9.52. The van der Waals surface area contributed by atoms with Crippen LogP contribution in [-0.4, -0.2) is 38.7 Å². The Morgan fingerprint density at radius 3 is 2.71 bits per heavy atom. The molecule has 3 aromatic rings. The second-order valence-electron chi connectivity index (χ2n) is 7.03. The van der Waals surface area contributed by atoms with Crippen LogP contribution in [0.1, 0.15) is 24.2 Å². The van der Waals surface area contributed by atoms with Crippen molar-refractivity contribution in [2.75, 3.05) is 13.1 Å². The number of likely N-dealkylation sites (tertiary alicyclic amines) is 1. The van der Waals surface area contributed by atoms with Crippen LogP contribution in [0, 0.1) is 11.7 Å². The molecule has 1 aliphatic heterocycles. The van der Waals surface area contributed by atoms with Gasteiger partial charge < -0.3 is 4.90 Å². The fraction of sp³-hybridized carbons (Fsp3) is 0.350. The van der Waals surface area contributed by atoms with E-state index < -0.39 is 0 Å². The first-order valence-electron chi connectivity index (χ1n) is 9.33. The minimum atomic E-state index is -0.337. The van der Waals surface area contributed by atoms with E-state index in [1.807, 2.05) is 17.5 Å². The Balaban J connectivity index is 1.36. The van der Waals surface area contributed by atoms with Crippen LogP contribution in [0.25, 0.3) is 5.00 Å². The highest BCUT2D eigenvalue weighted by Gasteiger charge is 2.25. The first-order valence-corrected chi connectivity index (χ1v) is 10.2. The van der Waals surface area contributed by atoms with E-state index in [0.29, 0.717) is 31.0 Å². The number of nitrogens with one attached hydrogen (secondary N) is 1. The Hall–Kier alpha value is -2.74. The molecule has 146 valence electrons. The van der Waals surface area contributed by atoms with Gasteiger partial charge in [0.1, 0.15) is 16.6 Å². The standard InChI is InChI=1S/C20H21FN4O2S/c21-16-5-2-1-4-15(16)13-18(26)24-9-7-14(8-10-24)12-17-22-23-20(27)25(17)19-6-3-11-28-19/h1-6,11,14H,7-10,12-13H2,(H,23,27). The van der Waals surface area contributed by atoms with Crippen molar-refractivity contribution >= 4 is 17.2 Å². The van der Waals surface area contributed by atoms with Gasteiger partial charge in [-0.2, -0.15) is 5.10 Å². The first-order chi connectivity index (χ1) is 13.6. The fourth-order valence-electron chi connectivity index (χ4n) is 3.65. The van der Waals surface area contributed by atoms with E-state index in [9.17, 15) is 14.0 Å². The molecule has 1 fully saturated rings. The summed E-state index contributed by atoms with van der Waals surface area (Å²) >= 11 is 1.50. The lowest BCUT2D eigenvalue weighted by atomic mass is 9.93. The molecule has 1 saturated heterocycles. The first kappa shape index (κ1) is 18.6. The normalized spacial score (nSPS) is 15.1. The van der Waals surface area contributed by atoms with Gasteiger partial charge in [-0.3, -0.25) is 4.79 Å². The number of carbonyl (C=O) groups is 1. The topological polar surface area (TPSA) is 71.0 Å². The predicted octanol–water partition coefficient (Wildman–Crippen LogP) is 2.79. The number of amides is 1. The van der Waals surface area contributed by atoms with E-state index in [2.05, 4.69) is 10.2 Å². The van der Waals surface area contributed by atoms with E-state index in [-0.39, 0.29) is 23.8 Å². The van der Waals surface area contributed by atoms with Crippen LogP contribution >= 0.6 is 11.3 Å². The number of hydrogen-bond donors (Lipinski definition) is 1. The Labute approximate surface area is 165 Å². The summed E-state index contributed by atoms with van der Waals surface area (Å²) in [4.78, 5) is 26.4. The maximum atomic E-state index is 13.8. The second-order valence-corrected chi connectivity index (χ2v) is 7.95. The van der Waals surface area contributed by atoms with Crippen LogP contribution in [0.2, 0.25) is 0 Å². The van der Waals surface area contributed by atoms with Crippen molar-refractivity contribution in [1.29, 1.82) is 0 Å². The van der Waals surface area contributed by atoms with Gasteiger partial charge in [0, 0.05) is 19.5 Å². The van der Waals surface area contributed by atoms with Crippen molar-refractivity contribution in [3.8, 4) is 5.00 Å². The highest BCUT2D eigenvalue weighted by molar-refractivity contribution is 7.12. The van der Waals surface area contributed by atoms with Crippen molar-refractivity contribution < 1.29 is 9.18 Å². The van der Waals surface area contributed by atoms with Gasteiger partial charge in [-0.1, -0.05) is 18.2 Å². The van der Waals surface area contributed by atoms with Gasteiger partial charge in [-0.15, -0.1) is 11.3 Å². The molecule has 0 unspecified atom stereocenters. The predicted molar refractivity (Wildman–Crippen MR) is 105 cm³/mol. The summed E-state index contributed by atoms with van der Waals surface area (Å²) in [7, 11) is 0. The third kappa shape index (κ3) is 3.91. The van der Waals surface area contributed by atoms with Gasteiger partial charge in [0.15, 0.2) is 0 Å². The number of H-pyrrole nitrogens is 1. The summed E-state index contributed by atoms with van der Waals surface area (Å²) in [6, 6.07) is 10.2. The minimum Gasteiger partial charge on any atom is -0.342 e. The number of thiophene rings is 1. The number of carbonyl (C=O) groups excluding carboxylic acids is 1. The molecule has 0 saturated carbocycles. The van der Waals surface area contributed by atoms with Crippen molar-refractivity contribution in [1.82, 2.24) is 19.7 Å². The molecule has 6 nitrogen and oxygen atoms in total. The van der Waals surface area contributed by atoms with Crippen LogP contribution in [-0.2, 0) is 17.6 Å². The molecular formula is C20H21FN4O2S. The maximum Gasteiger partial charge on any atom is 0.348 e. The quantitative estimate of drug-likeness (QED) is 0.716. The van der Waals surface area contributed by atoms with Gasteiger partial charge in [0.25, 0.3) is 0 Å². The summed E-state index contributed by atoms with van der Waals surface area (Å²) in [5.41, 5.74) is 0.209. The molecule has 0 spiro atoms. The van der Waals surface area contributed by atoms with Crippen molar-refractivity contribution in [2.45, 2.75) is 25.7 Å². The maximum absolute atomic E-state index is 13.8. The van der Waals surface area contributed by atoms with Crippen LogP contribution in [0.5, 0.6) is 0 Å². The number of halogens is 1. The highest BCUT2D eigenvalue weighted by atomic mass is 32.1. The largest absolute Gasteiger partial charge is 0.348 e. The molecule has 0 aliphatic carbocycles. The lowest BCUT2D eigenvalue weighted by molar-refractivity contribution is -0.131. The van der Waals surface area contributed by atoms with Crippen LogP contribution in [0.15, 0.2) is 46.6 Å². The van der Waals surface area contributed by atoms with Gasteiger partial charge in [-0.05, 0) is 47.9 Å². The molecule has 28 heavy (non-hydrogen) atoms. The number of nitrogens with zero attached hydrogens (tertiary/aromatic N) is 3. The van der Waals surface area contributed by atoms with E-state index >= 15 is 0 Å². The van der Waals surface area contributed by atoms with E-state index in [4.69, 9.17) is 0 Å². The fourth-order valence-corrected chi connectivity index (χ4v) is 4.40. The smallest absolute Gasteiger partial charge is 0.342 e. The van der Waals surface area contributed by atoms with Gasteiger partial charge in [-0.25, -0.2) is 18.9 Å².